The fraction of sp³-hybridized carbons (Fsp3) is 0.500. The maximum absolute atomic E-state index is 13.3. The minimum atomic E-state index is -4.50. The lowest BCUT2D eigenvalue weighted by Gasteiger charge is -2.38. The second-order valence-electron chi connectivity index (χ2n) is 7.40. The Hall–Kier alpha value is -2.35. The molecule has 2 aliphatic heterocycles. The molecule has 1 N–H and O–H groups in total. The molecule has 8 heteroatoms. The van der Waals surface area contributed by atoms with Gasteiger partial charge in [0.15, 0.2) is 0 Å². The molecule has 1 atom stereocenters. The van der Waals surface area contributed by atoms with Crippen LogP contribution in [0.1, 0.15) is 18.5 Å². The van der Waals surface area contributed by atoms with Crippen molar-refractivity contribution in [3.63, 3.8) is 0 Å². The summed E-state index contributed by atoms with van der Waals surface area (Å²) < 4.78 is 39.9. The maximum atomic E-state index is 13.3. The molecule has 1 aromatic heterocycles. The van der Waals surface area contributed by atoms with Crippen molar-refractivity contribution in [1.82, 2.24) is 15.2 Å². The van der Waals surface area contributed by atoms with Gasteiger partial charge in [0.25, 0.3) is 0 Å². The molecule has 3 heterocycles. The minimum Gasteiger partial charge on any atom is -0.367 e. The summed E-state index contributed by atoms with van der Waals surface area (Å²) in [4.78, 5) is 20.3. The molecule has 2 fully saturated rings. The van der Waals surface area contributed by atoms with Crippen LogP contribution in [0.2, 0.25) is 0 Å². The first-order chi connectivity index (χ1) is 13.4. The van der Waals surface area contributed by atoms with Crippen LogP contribution >= 0.6 is 0 Å². The summed E-state index contributed by atoms with van der Waals surface area (Å²) in [6.45, 7) is 3.73. The molecule has 2 aromatic rings. The maximum Gasteiger partial charge on any atom is 0.433 e. The molecule has 4 rings (SSSR count). The highest BCUT2D eigenvalue weighted by atomic mass is 19.4. The van der Waals surface area contributed by atoms with Crippen molar-refractivity contribution < 1.29 is 18.0 Å². The Morgan fingerprint density at radius 3 is 2.57 bits per heavy atom. The van der Waals surface area contributed by atoms with E-state index in [4.69, 9.17) is 0 Å². The summed E-state index contributed by atoms with van der Waals surface area (Å²) in [6.07, 6.45) is -2.60. The SMILES string of the molecule is O=C([C@@H]1CCCNC1)N1CCN(c2cc(C(F)(F)F)nc3ccccc23)CC1. The van der Waals surface area contributed by atoms with Crippen LogP contribution < -0.4 is 10.2 Å². The van der Waals surface area contributed by atoms with E-state index in [1.807, 2.05) is 9.80 Å². The van der Waals surface area contributed by atoms with E-state index in [-0.39, 0.29) is 11.8 Å². The lowest BCUT2D eigenvalue weighted by molar-refractivity contribution is -0.141. The molecule has 28 heavy (non-hydrogen) atoms. The number of fused-ring (bicyclic) bond motifs is 1. The van der Waals surface area contributed by atoms with Gasteiger partial charge in [-0.3, -0.25) is 4.79 Å². The number of para-hydroxylation sites is 1. The number of rotatable bonds is 2. The van der Waals surface area contributed by atoms with E-state index in [0.717, 1.165) is 25.5 Å². The Balaban J connectivity index is 1.54. The molecule has 150 valence electrons. The number of piperazine rings is 1. The number of piperidine rings is 1. The van der Waals surface area contributed by atoms with E-state index < -0.39 is 11.9 Å². The number of benzene rings is 1. The number of pyridine rings is 1. The molecule has 2 aliphatic rings. The van der Waals surface area contributed by atoms with E-state index in [0.29, 0.717) is 49.3 Å². The third kappa shape index (κ3) is 3.78. The van der Waals surface area contributed by atoms with E-state index in [2.05, 4.69) is 10.3 Å². The van der Waals surface area contributed by atoms with Crippen molar-refractivity contribution in [2.75, 3.05) is 44.2 Å². The summed E-state index contributed by atoms with van der Waals surface area (Å²) in [5.74, 6) is 0.168. The smallest absolute Gasteiger partial charge is 0.367 e. The molecule has 0 radical (unpaired) electrons. The molecule has 0 bridgehead atoms. The number of nitrogens with one attached hydrogen (secondary N) is 1. The van der Waals surface area contributed by atoms with Crippen LogP contribution in [0.3, 0.4) is 0 Å². The van der Waals surface area contributed by atoms with Gasteiger partial charge in [0.05, 0.1) is 11.4 Å². The van der Waals surface area contributed by atoms with Gasteiger partial charge in [0.1, 0.15) is 5.69 Å². The second-order valence-corrected chi connectivity index (χ2v) is 7.40. The summed E-state index contributed by atoms with van der Waals surface area (Å²) >= 11 is 0. The number of aromatic nitrogens is 1. The van der Waals surface area contributed by atoms with Crippen LogP contribution in [0.25, 0.3) is 10.9 Å². The number of carbonyl (C=O) groups is 1. The van der Waals surface area contributed by atoms with Gasteiger partial charge in [-0.05, 0) is 31.5 Å². The highest BCUT2D eigenvalue weighted by Gasteiger charge is 2.35. The first kappa shape index (κ1) is 19.0. The van der Waals surface area contributed by atoms with Crippen LogP contribution in [0.4, 0.5) is 18.9 Å². The Morgan fingerprint density at radius 2 is 1.89 bits per heavy atom. The quantitative estimate of drug-likeness (QED) is 0.854. The van der Waals surface area contributed by atoms with Gasteiger partial charge in [-0.2, -0.15) is 13.2 Å². The molecule has 1 aromatic carbocycles. The van der Waals surface area contributed by atoms with E-state index in [1.165, 1.54) is 0 Å². The third-order valence-corrected chi connectivity index (χ3v) is 5.56. The van der Waals surface area contributed by atoms with E-state index in [9.17, 15) is 18.0 Å². The van der Waals surface area contributed by atoms with Crippen molar-refractivity contribution >= 4 is 22.5 Å². The van der Waals surface area contributed by atoms with Crippen LogP contribution in [0.5, 0.6) is 0 Å². The van der Waals surface area contributed by atoms with Gasteiger partial charge < -0.3 is 15.1 Å². The normalized spacial score (nSPS) is 21.2. The zero-order valence-corrected chi connectivity index (χ0v) is 15.5. The largest absolute Gasteiger partial charge is 0.433 e. The Bertz CT molecular complexity index is 856. The van der Waals surface area contributed by atoms with Crippen molar-refractivity contribution in [1.29, 1.82) is 0 Å². The lowest BCUT2D eigenvalue weighted by atomic mass is 9.98. The van der Waals surface area contributed by atoms with Gasteiger partial charge in [-0.1, -0.05) is 18.2 Å². The van der Waals surface area contributed by atoms with Gasteiger partial charge in [-0.15, -0.1) is 0 Å². The van der Waals surface area contributed by atoms with Crippen molar-refractivity contribution in [3.05, 3.63) is 36.0 Å². The predicted molar refractivity (Wildman–Crippen MR) is 101 cm³/mol. The van der Waals surface area contributed by atoms with Crippen LogP contribution in [-0.4, -0.2) is 55.1 Å². The number of alkyl halides is 3. The number of halogens is 3. The monoisotopic (exact) mass is 392 g/mol. The Kier molecular flexibility index (Phi) is 5.14. The molecule has 0 saturated carbocycles. The minimum absolute atomic E-state index is 0.0129. The molecule has 1 amide bonds. The molecule has 0 spiro atoms. The lowest BCUT2D eigenvalue weighted by Crippen LogP contribution is -2.52. The number of hydrogen-bond donors (Lipinski definition) is 1. The number of nitrogens with zero attached hydrogens (tertiary/aromatic N) is 3. The molecular weight excluding hydrogens is 369 g/mol. The summed E-state index contributed by atoms with van der Waals surface area (Å²) in [5.41, 5.74) is -0.0172. The van der Waals surface area contributed by atoms with Crippen LogP contribution in [0, 0.1) is 5.92 Å². The van der Waals surface area contributed by atoms with E-state index >= 15 is 0 Å². The second kappa shape index (κ2) is 7.58. The predicted octanol–water partition coefficient (Wildman–Crippen LogP) is 2.90. The molecule has 0 unspecified atom stereocenters. The van der Waals surface area contributed by atoms with Crippen molar-refractivity contribution in [2.24, 2.45) is 5.92 Å². The first-order valence-electron chi connectivity index (χ1n) is 9.65. The highest BCUT2D eigenvalue weighted by Crippen LogP contribution is 2.35. The summed E-state index contributed by atoms with van der Waals surface area (Å²) in [5, 5.41) is 3.96. The highest BCUT2D eigenvalue weighted by molar-refractivity contribution is 5.92. The topological polar surface area (TPSA) is 48.5 Å². The van der Waals surface area contributed by atoms with Gasteiger partial charge in [0.2, 0.25) is 5.91 Å². The van der Waals surface area contributed by atoms with Crippen molar-refractivity contribution in [2.45, 2.75) is 19.0 Å². The van der Waals surface area contributed by atoms with E-state index in [1.54, 1.807) is 24.3 Å². The molecule has 5 nitrogen and oxygen atoms in total. The fourth-order valence-electron chi connectivity index (χ4n) is 4.05. The Morgan fingerprint density at radius 1 is 1.14 bits per heavy atom. The molecule has 0 aliphatic carbocycles. The molecule has 2 saturated heterocycles. The number of carbonyl (C=O) groups excluding carboxylic acids is 1. The fourth-order valence-corrected chi connectivity index (χ4v) is 4.05. The van der Waals surface area contributed by atoms with Crippen molar-refractivity contribution in [3.8, 4) is 0 Å². The zero-order chi connectivity index (χ0) is 19.7. The van der Waals surface area contributed by atoms with Crippen LogP contribution in [-0.2, 0) is 11.0 Å². The third-order valence-electron chi connectivity index (χ3n) is 5.56. The standard InChI is InChI=1S/C20H23F3N4O/c21-20(22,23)18-12-17(15-5-1-2-6-16(15)25-18)26-8-10-27(11-9-26)19(28)14-4-3-7-24-13-14/h1-2,5-6,12,14,24H,3-4,7-11,13H2/t14-/m1/s1. The van der Waals surface area contributed by atoms with Gasteiger partial charge in [0, 0.05) is 43.8 Å². The zero-order valence-electron chi connectivity index (χ0n) is 15.5. The molecular formula is C20H23F3N4O. The van der Waals surface area contributed by atoms with Crippen LogP contribution in [0.15, 0.2) is 30.3 Å². The summed E-state index contributed by atoms with van der Waals surface area (Å²) in [6, 6.07) is 8.02. The van der Waals surface area contributed by atoms with Gasteiger partial charge >= 0.3 is 6.18 Å². The number of amides is 1. The number of anilines is 1. The van der Waals surface area contributed by atoms with Gasteiger partial charge in [-0.25, -0.2) is 4.98 Å². The summed E-state index contributed by atoms with van der Waals surface area (Å²) in [7, 11) is 0. The first-order valence-corrected chi connectivity index (χ1v) is 9.65. The Labute approximate surface area is 161 Å². The number of hydrogen-bond acceptors (Lipinski definition) is 4. The average molecular weight is 392 g/mol. The average Bonchev–Trinajstić information content (AvgIpc) is 2.72.